The summed E-state index contributed by atoms with van der Waals surface area (Å²) in [6.45, 7) is 12.1. The number of ether oxygens (including phenoxy) is 2. The van der Waals surface area contributed by atoms with Crippen LogP contribution in [0.5, 0.6) is 11.6 Å². The number of carbonyl (C=O) groups excluding carboxylic acids is 1. The number of carbonyl (C=O) groups is 1. The lowest BCUT2D eigenvalue weighted by Gasteiger charge is -2.21. The number of nitrogens with zero attached hydrogens (tertiary/aromatic N) is 1. The van der Waals surface area contributed by atoms with Gasteiger partial charge in [0, 0.05) is 11.5 Å². The summed E-state index contributed by atoms with van der Waals surface area (Å²) in [5.74, 6) is 1.12. The van der Waals surface area contributed by atoms with Crippen LogP contribution in [0.25, 0.3) is 10.9 Å². The highest BCUT2D eigenvalue weighted by atomic mass is 16.6. The van der Waals surface area contributed by atoms with Gasteiger partial charge in [0.25, 0.3) is 0 Å². The molecular formula is C23H27NO3. The van der Waals surface area contributed by atoms with E-state index in [0.29, 0.717) is 11.6 Å². The van der Waals surface area contributed by atoms with Crippen molar-refractivity contribution in [2.45, 2.75) is 52.6 Å². The van der Waals surface area contributed by atoms with Gasteiger partial charge in [-0.25, -0.2) is 9.36 Å². The molecule has 0 aliphatic carbocycles. The van der Waals surface area contributed by atoms with Gasteiger partial charge in [-0.3, -0.25) is 0 Å². The average Bonchev–Trinajstić information content (AvgIpc) is 2.90. The molecule has 4 heteroatoms. The zero-order valence-electron chi connectivity index (χ0n) is 16.9. The van der Waals surface area contributed by atoms with Crippen LogP contribution in [0.2, 0.25) is 0 Å². The maximum Gasteiger partial charge on any atom is 0.421 e. The molecule has 142 valence electrons. The Hall–Kier alpha value is -2.75. The summed E-state index contributed by atoms with van der Waals surface area (Å²) in [4.78, 5) is 12.8. The minimum atomic E-state index is -0.589. The summed E-state index contributed by atoms with van der Waals surface area (Å²) in [6, 6.07) is 17.5. The van der Waals surface area contributed by atoms with Gasteiger partial charge in [0.05, 0.1) is 5.52 Å². The third-order valence-corrected chi connectivity index (χ3v) is 4.20. The zero-order valence-corrected chi connectivity index (χ0v) is 16.9. The molecule has 3 rings (SSSR count). The van der Waals surface area contributed by atoms with Crippen LogP contribution < -0.4 is 4.74 Å². The highest BCUT2D eigenvalue weighted by molar-refractivity contribution is 5.92. The van der Waals surface area contributed by atoms with E-state index in [1.807, 2.05) is 63.2 Å². The fraction of sp³-hybridized carbons (Fsp3) is 0.348. The van der Waals surface area contributed by atoms with E-state index in [1.54, 1.807) is 0 Å². The fourth-order valence-electron chi connectivity index (χ4n) is 2.84. The molecular weight excluding hydrogens is 338 g/mol. The first kappa shape index (κ1) is 19.0. The van der Waals surface area contributed by atoms with E-state index in [1.165, 1.54) is 10.1 Å². The van der Waals surface area contributed by atoms with Crippen molar-refractivity contribution in [3.8, 4) is 11.6 Å². The molecule has 0 aliphatic rings. The quantitative estimate of drug-likeness (QED) is 0.519. The molecule has 1 heterocycles. The van der Waals surface area contributed by atoms with Gasteiger partial charge < -0.3 is 9.47 Å². The van der Waals surface area contributed by atoms with E-state index in [4.69, 9.17) is 9.47 Å². The molecule has 0 amide bonds. The van der Waals surface area contributed by atoms with Gasteiger partial charge in [-0.05, 0) is 49.9 Å². The highest BCUT2D eigenvalue weighted by Crippen LogP contribution is 2.31. The molecule has 0 saturated heterocycles. The van der Waals surface area contributed by atoms with Crippen molar-refractivity contribution in [2.75, 3.05) is 0 Å². The second-order valence-corrected chi connectivity index (χ2v) is 8.73. The monoisotopic (exact) mass is 365 g/mol. The Morgan fingerprint density at radius 1 is 0.889 bits per heavy atom. The molecule has 0 radical (unpaired) electrons. The number of rotatable bonds is 2. The second-order valence-electron chi connectivity index (χ2n) is 8.73. The van der Waals surface area contributed by atoms with Gasteiger partial charge in [0.2, 0.25) is 5.88 Å². The van der Waals surface area contributed by atoms with Crippen molar-refractivity contribution in [3.63, 3.8) is 0 Å². The largest absolute Gasteiger partial charge is 0.443 e. The molecule has 0 atom stereocenters. The van der Waals surface area contributed by atoms with Gasteiger partial charge >= 0.3 is 6.09 Å². The van der Waals surface area contributed by atoms with Crippen LogP contribution in [0.1, 0.15) is 47.1 Å². The van der Waals surface area contributed by atoms with Crippen molar-refractivity contribution in [3.05, 3.63) is 60.2 Å². The summed E-state index contributed by atoms with van der Waals surface area (Å²) in [7, 11) is 0. The normalized spacial score (nSPS) is 12.2. The lowest BCUT2D eigenvalue weighted by atomic mass is 9.87. The molecule has 4 nitrogen and oxygen atoms in total. The van der Waals surface area contributed by atoms with Crippen LogP contribution in [-0.4, -0.2) is 16.3 Å². The SMILES string of the molecule is CC(C)(C)OC(=O)n1c(Oc2ccc(C(C)(C)C)cc2)cc2ccccc21. The summed E-state index contributed by atoms with van der Waals surface area (Å²) in [5, 5.41) is 0.921. The second kappa shape index (κ2) is 6.76. The summed E-state index contributed by atoms with van der Waals surface area (Å²) >= 11 is 0. The van der Waals surface area contributed by atoms with Gasteiger partial charge in [0.1, 0.15) is 11.4 Å². The smallest absolute Gasteiger partial charge is 0.421 e. The van der Waals surface area contributed by atoms with E-state index < -0.39 is 11.7 Å². The summed E-state index contributed by atoms with van der Waals surface area (Å²) in [6.07, 6.45) is -0.454. The number of para-hydroxylation sites is 1. The lowest BCUT2D eigenvalue weighted by Crippen LogP contribution is -2.27. The van der Waals surface area contributed by atoms with Crippen LogP contribution in [0, 0.1) is 0 Å². The van der Waals surface area contributed by atoms with Crippen molar-refractivity contribution in [1.82, 2.24) is 4.57 Å². The number of fused-ring (bicyclic) bond motifs is 1. The Bertz CT molecular complexity index is 954. The van der Waals surface area contributed by atoms with Crippen LogP contribution in [0.15, 0.2) is 54.6 Å². The first-order valence-electron chi connectivity index (χ1n) is 9.17. The van der Waals surface area contributed by atoms with Crippen molar-refractivity contribution in [2.24, 2.45) is 0 Å². The molecule has 0 spiro atoms. The van der Waals surface area contributed by atoms with Crippen molar-refractivity contribution >= 4 is 17.0 Å². The molecule has 2 aromatic carbocycles. The summed E-state index contributed by atoms with van der Waals surface area (Å²) in [5.41, 5.74) is 1.47. The van der Waals surface area contributed by atoms with Crippen LogP contribution in [-0.2, 0) is 10.2 Å². The molecule has 0 N–H and O–H groups in total. The first-order valence-corrected chi connectivity index (χ1v) is 9.17. The standard InChI is InChI=1S/C23H27NO3/c1-22(2,3)17-11-13-18(14-12-17)26-20-15-16-9-7-8-10-19(16)24(20)21(25)27-23(4,5)6/h7-15H,1-6H3. The topological polar surface area (TPSA) is 40.5 Å². The fourth-order valence-corrected chi connectivity index (χ4v) is 2.84. The summed E-state index contributed by atoms with van der Waals surface area (Å²) < 4.78 is 13.1. The predicted octanol–water partition coefficient (Wildman–Crippen LogP) is 6.51. The lowest BCUT2D eigenvalue weighted by molar-refractivity contribution is 0.0535. The number of benzene rings is 2. The molecule has 0 fully saturated rings. The number of hydrogen-bond donors (Lipinski definition) is 0. The zero-order chi connectivity index (χ0) is 19.8. The molecule has 0 bridgehead atoms. The van der Waals surface area contributed by atoms with E-state index >= 15 is 0 Å². The Kier molecular flexibility index (Phi) is 4.77. The van der Waals surface area contributed by atoms with E-state index in [-0.39, 0.29) is 5.41 Å². The third-order valence-electron chi connectivity index (χ3n) is 4.20. The van der Waals surface area contributed by atoms with Crippen LogP contribution in [0.3, 0.4) is 0 Å². The van der Waals surface area contributed by atoms with Crippen molar-refractivity contribution in [1.29, 1.82) is 0 Å². The molecule has 0 saturated carbocycles. The highest BCUT2D eigenvalue weighted by Gasteiger charge is 2.23. The van der Waals surface area contributed by atoms with Gasteiger partial charge in [-0.15, -0.1) is 0 Å². The Morgan fingerprint density at radius 3 is 2.11 bits per heavy atom. The maximum atomic E-state index is 12.8. The van der Waals surface area contributed by atoms with Crippen LogP contribution in [0.4, 0.5) is 4.79 Å². The van der Waals surface area contributed by atoms with Crippen LogP contribution >= 0.6 is 0 Å². The van der Waals surface area contributed by atoms with E-state index in [9.17, 15) is 4.79 Å². The molecule has 27 heavy (non-hydrogen) atoms. The Morgan fingerprint density at radius 2 is 1.52 bits per heavy atom. The molecule has 0 unspecified atom stereocenters. The third kappa shape index (κ3) is 4.33. The molecule has 3 aromatic rings. The van der Waals surface area contributed by atoms with Gasteiger partial charge in [-0.2, -0.15) is 0 Å². The maximum absolute atomic E-state index is 12.8. The van der Waals surface area contributed by atoms with E-state index in [0.717, 1.165) is 10.9 Å². The first-order chi connectivity index (χ1) is 12.5. The molecule has 0 aliphatic heterocycles. The minimum absolute atomic E-state index is 0.0734. The Labute approximate surface area is 160 Å². The van der Waals surface area contributed by atoms with Gasteiger partial charge in [0.15, 0.2) is 0 Å². The minimum Gasteiger partial charge on any atom is -0.443 e. The molecule has 1 aromatic heterocycles. The van der Waals surface area contributed by atoms with Gasteiger partial charge in [-0.1, -0.05) is 51.1 Å². The van der Waals surface area contributed by atoms with Crippen molar-refractivity contribution < 1.29 is 14.3 Å². The average molecular weight is 365 g/mol. The van der Waals surface area contributed by atoms with E-state index in [2.05, 4.69) is 32.9 Å². The predicted molar refractivity (Wildman–Crippen MR) is 109 cm³/mol. The Balaban J connectivity index is 1.99. The number of hydrogen-bond acceptors (Lipinski definition) is 3. The number of aromatic nitrogens is 1.